The number of nitrogens with zero attached hydrogens (tertiary/aromatic N) is 1. The summed E-state index contributed by atoms with van der Waals surface area (Å²) in [5.74, 6) is 0.326. The number of para-hydroxylation sites is 1. The van der Waals surface area contributed by atoms with E-state index in [2.05, 4.69) is 13.8 Å². The molecule has 0 spiro atoms. The van der Waals surface area contributed by atoms with E-state index in [4.69, 9.17) is 14.8 Å². The lowest BCUT2D eigenvalue weighted by Crippen LogP contribution is -2.05. The van der Waals surface area contributed by atoms with Crippen molar-refractivity contribution in [2.45, 2.75) is 32.6 Å². The molecule has 1 N–H and O–H groups in total. The molecule has 26 heavy (non-hydrogen) atoms. The summed E-state index contributed by atoms with van der Waals surface area (Å²) < 4.78 is 6.08. The molecule has 1 unspecified atom stereocenters. The average molecular weight is 349 g/mol. The monoisotopic (exact) mass is 349 g/mol. The largest absolute Gasteiger partial charge is 0.492 e. The number of hydrogen-bond donors (Lipinski definition) is 1. The Labute approximate surface area is 153 Å². The maximum atomic E-state index is 10.9. The molecule has 0 aliphatic rings. The minimum atomic E-state index is -0.909. The van der Waals surface area contributed by atoms with Gasteiger partial charge < -0.3 is 9.84 Å². The fourth-order valence-corrected chi connectivity index (χ4v) is 2.84. The van der Waals surface area contributed by atoms with Crippen molar-refractivity contribution in [3.05, 3.63) is 71.4 Å². The van der Waals surface area contributed by atoms with Gasteiger partial charge in [-0.1, -0.05) is 38.1 Å². The van der Waals surface area contributed by atoms with Crippen molar-refractivity contribution >= 4 is 16.9 Å². The van der Waals surface area contributed by atoms with Crippen LogP contribution >= 0.6 is 0 Å². The number of carboxylic acid groups (broad SMARTS) is 1. The van der Waals surface area contributed by atoms with Crippen molar-refractivity contribution in [1.82, 2.24) is 4.98 Å². The molecule has 0 aliphatic heterocycles. The molecular weight excluding hydrogens is 326 g/mol. The summed E-state index contributed by atoms with van der Waals surface area (Å²) in [6.07, 6.45) is 1.75. The Kier molecular flexibility index (Phi) is 5.52. The molecule has 0 radical (unpaired) electrons. The third kappa shape index (κ3) is 4.02. The molecule has 4 heteroatoms. The highest BCUT2D eigenvalue weighted by Gasteiger charge is 2.11. The Morgan fingerprint density at radius 2 is 1.88 bits per heavy atom. The molecule has 0 aliphatic carbocycles. The summed E-state index contributed by atoms with van der Waals surface area (Å²) >= 11 is 0. The third-order valence-electron chi connectivity index (χ3n) is 4.66. The predicted molar refractivity (Wildman–Crippen MR) is 103 cm³/mol. The van der Waals surface area contributed by atoms with Crippen LogP contribution in [-0.4, -0.2) is 22.7 Å². The first kappa shape index (κ1) is 17.9. The minimum Gasteiger partial charge on any atom is -0.492 e. The molecule has 2 aromatic carbocycles. The summed E-state index contributed by atoms with van der Waals surface area (Å²) in [5, 5.41) is 9.98. The van der Waals surface area contributed by atoms with Gasteiger partial charge in [-0.2, -0.15) is 0 Å². The van der Waals surface area contributed by atoms with Crippen LogP contribution in [0.2, 0.25) is 0 Å². The van der Waals surface area contributed by atoms with Gasteiger partial charge in [-0.05, 0) is 42.2 Å². The highest BCUT2D eigenvalue weighted by molar-refractivity contribution is 5.87. The van der Waals surface area contributed by atoms with Gasteiger partial charge in [0.25, 0.3) is 0 Å². The van der Waals surface area contributed by atoms with E-state index in [0.717, 1.165) is 40.8 Å². The van der Waals surface area contributed by atoms with E-state index in [1.165, 1.54) is 0 Å². The topological polar surface area (TPSA) is 59.4 Å². The predicted octanol–water partition coefficient (Wildman–Crippen LogP) is 5.07. The number of aromatic carboxylic acids is 1. The van der Waals surface area contributed by atoms with Crippen LogP contribution in [0.25, 0.3) is 10.9 Å². The van der Waals surface area contributed by atoms with Crippen LogP contribution < -0.4 is 4.74 Å². The van der Waals surface area contributed by atoms with Crippen LogP contribution in [0.15, 0.2) is 54.6 Å². The lowest BCUT2D eigenvalue weighted by molar-refractivity contribution is 0.0697. The van der Waals surface area contributed by atoms with E-state index in [0.29, 0.717) is 18.1 Å². The lowest BCUT2D eigenvalue weighted by atomic mass is 10.0. The molecule has 0 amide bonds. The van der Waals surface area contributed by atoms with Gasteiger partial charge in [0.2, 0.25) is 0 Å². The highest BCUT2D eigenvalue weighted by Crippen LogP contribution is 2.29. The molecular formula is C22H23NO3. The second kappa shape index (κ2) is 8.00. The first-order valence-electron chi connectivity index (χ1n) is 8.93. The smallest absolute Gasteiger partial charge is 0.335 e. The van der Waals surface area contributed by atoms with Gasteiger partial charge in [-0.25, -0.2) is 4.79 Å². The Bertz CT molecular complexity index is 903. The van der Waals surface area contributed by atoms with Crippen LogP contribution in [0.5, 0.6) is 5.75 Å². The fraction of sp³-hybridized carbons (Fsp3) is 0.273. The summed E-state index contributed by atoms with van der Waals surface area (Å²) in [5.41, 5.74) is 3.35. The summed E-state index contributed by atoms with van der Waals surface area (Å²) in [6.45, 7) is 4.86. The zero-order valence-electron chi connectivity index (χ0n) is 15.1. The lowest BCUT2D eigenvalue weighted by Gasteiger charge is -2.14. The minimum absolute atomic E-state index is 0.299. The number of carbonyl (C=O) groups is 1. The van der Waals surface area contributed by atoms with E-state index >= 15 is 0 Å². The van der Waals surface area contributed by atoms with Gasteiger partial charge in [-0.15, -0.1) is 0 Å². The Hall–Kier alpha value is -2.88. The van der Waals surface area contributed by atoms with Crippen LogP contribution in [0.3, 0.4) is 0 Å². The van der Waals surface area contributed by atoms with Gasteiger partial charge in [0.05, 0.1) is 17.7 Å². The normalized spacial score (nSPS) is 12.1. The Balaban J connectivity index is 1.76. The first-order chi connectivity index (χ1) is 12.6. The molecule has 1 aromatic heterocycles. The van der Waals surface area contributed by atoms with Crippen LogP contribution in [0, 0.1) is 0 Å². The Morgan fingerprint density at radius 3 is 2.58 bits per heavy atom. The number of pyridine rings is 1. The standard InChI is InChI=1S/C22H23NO3/c1-3-15(2)20-14-21(18-6-4-5-7-19(18)23-20)26-13-12-16-8-10-17(11-9-16)22(24)25/h4-11,14-15H,3,12-13H2,1-2H3,(H,24,25). The molecule has 3 aromatic rings. The molecule has 134 valence electrons. The molecule has 0 saturated carbocycles. The van der Waals surface area contributed by atoms with E-state index in [1.807, 2.05) is 42.5 Å². The number of fused-ring (bicyclic) bond motifs is 1. The second-order valence-electron chi connectivity index (χ2n) is 6.47. The molecule has 0 bridgehead atoms. The quantitative estimate of drug-likeness (QED) is 0.647. The summed E-state index contributed by atoms with van der Waals surface area (Å²) in [7, 11) is 0. The van der Waals surface area contributed by atoms with Crippen LogP contribution in [0.4, 0.5) is 0 Å². The van der Waals surface area contributed by atoms with Gasteiger partial charge in [0.1, 0.15) is 5.75 Å². The SMILES string of the molecule is CCC(C)c1cc(OCCc2ccc(C(=O)O)cc2)c2ccccc2n1. The number of benzene rings is 2. The molecule has 1 heterocycles. The number of ether oxygens (including phenoxy) is 1. The second-order valence-corrected chi connectivity index (χ2v) is 6.47. The zero-order valence-corrected chi connectivity index (χ0v) is 15.1. The number of hydrogen-bond acceptors (Lipinski definition) is 3. The van der Waals surface area contributed by atoms with E-state index in [1.54, 1.807) is 12.1 Å². The van der Waals surface area contributed by atoms with Crippen molar-refractivity contribution in [2.75, 3.05) is 6.61 Å². The van der Waals surface area contributed by atoms with Crippen LogP contribution in [0.1, 0.15) is 47.8 Å². The van der Waals surface area contributed by atoms with Crippen molar-refractivity contribution in [1.29, 1.82) is 0 Å². The fourth-order valence-electron chi connectivity index (χ4n) is 2.84. The highest BCUT2D eigenvalue weighted by atomic mass is 16.5. The molecule has 4 nitrogen and oxygen atoms in total. The van der Waals surface area contributed by atoms with E-state index < -0.39 is 5.97 Å². The molecule has 0 fully saturated rings. The summed E-state index contributed by atoms with van der Waals surface area (Å²) in [4.78, 5) is 15.7. The van der Waals surface area contributed by atoms with E-state index in [9.17, 15) is 4.79 Å². The van der Waals surface area contributed by atoms with Crippen molar-refractivity contribution in [2.24, 2.45) is 0 Å². The van der Waals surface area contributed by atoms with Crippen molar-refractivity contribution in [3.8, 4) is 5.75 Å². The zero-order chi connectivity index (χ0) is 18.5. The first-order valence-corrected chi connectivity index (χ1v) is 8.93. The van der Waals surface area contributed by atoms with Crippen LogP contribution in [-0.2, 0) is 6.42 Å². The van der Waals surface area contributed by atoms with Gasteiger partial charge in [-0.3, -0.25) is 4.98 Å². The number of rotatable bonds is 7. The van der Waals surface area contributed by atoms with E-state index in [-0.39, 0.29) is 0 Å². The van der Waals surface area contributed by atoms with Crippen molar-refractivity contribution < 1.29 is 14.6 Å². The van der Waals surface area contributed by atoms with Gasteiger partial charge in [0, 0.05) is 23.6 Å². The maximum Gasteiger partial charge on any atom is 0.335 e. The Morgan fingerprint density at radius 1 is 1.15 bits per heavy atom. The van der Waals surface area contributed by atoms with Crippen molar-refractivity contribution in [3.63, 3.8) is 0 Å². The van der Waals surface area contributed by atoms with Gasteiger partial charge >= 0.3 is 5.97 Å². The molecule has 3 rings (SSSR count). The number of aromatic nitrogens is 1. The van der Waals surface area contributed by atoms with Gasteiger partial charge in [0.15, 0.2) is 0 Å². The average Bonchev–Trinajstić information content (AvgIpc) is 2.67. The summed E-state index contributed by atoms with van der Waals surface area (Å²) in [6, 6.07) is 17.0. The molecule has 1 atom stereocenters. The number of carboxylic acids is 1. The maximum absolute atomic E-state index is 10.9. The molecule has 0 saturated heterocycles. The third-order valence-corrected chi connectivity index (χ3v) is 4.66.